The second-order valence-electron chi connectivity index (χ2n) is 8.43. The molecular formula is C27H33NO7. The van der Waals surface area contributed by atoms with E-state index in [2.05, 4.69) is 42.2 Å². The van der Waals surface area contributed by atoms with Crippen molar-refractivity contribution in [3.05, 3.63) is 72.3 Å². The maximum atomic E-state index is 9.55. The number of benzene rings is 2. The Kier molecular flexibility index (Phi) is 9.69. The van der Waals surface area contributed by atoms with E-state index >= 15 is 0 Å². The van der Waals surface area contributed by atoms with Gasteiger partial charge >= 0.3 is 11.9 Å². The summed E-state index contributed by atoms with van der Waals surface area (Å²) in [6.45, 7) is 6.62. The van der Waals surface area contributed by atoms with Gasteiger partial charge in [0.1, 0.15) is 12.7 Å². The predicted octanol–water partition coefficient (Wildman–Crippen LogP) is 3.96. The van der Waals surface area contributed by atoms with Gasteiger partial charge in [0, 0.05) is 44.8 Å². The third-order valence-electron chi connectivity index (χ3n) is 6.09. The first-order valence-corrected chi connectivity index (χ1v) is 11.9. The number of nitrogens with zero attached hydrogens (tertiary/aromatic N) is 1. The molecule has 0 saturated carbocycles. The van der Waals surface area contributed by atoms with Crippen LogP contribution in [0.2, 0.25) is 0 Å². The van der Waals surface area contributed by atoms with Crippen LogP contribution in [0, 0.1) is 0 Å². The van der Waals surface area contributed by atoms with Crippen molar-refractivity contribution in [2.24, 2.45) is 0 Å². The first-order valence-electron chi connectivity index (χ1n) is 11.9. The number of hydrogen-bond acceptors (Lipinski definition) is 6. The standard InChI is InChI=1S/C23H29NO3.C4H4O4/c1-2-26-23(19-8-4-3-5-9-19)13-16-24(17-14-23)15-12-20-18-25-21-10-6-7-11-22(21)27-20;5-3(6)1-2-4(7)8/h3-11,20H,2,12-18H2,1H3;1-2H,(H,5,6)(H,7,8). The molecule has 0 bridgehead atoms. The topological polar surface area (TPSA) is 106 Å². The first-order chi connectivity index (χ1) is 16.9. The molecule has 2 aliphatic rings. The lowest BCUT2D eigenvalue weighted by Gasteiger charge is -2.42. The van der Waals surface area contributed by atoms with Crippen molar-refractivity contribution in [2.75, 3.05) is 32.8 Å². The van der Waals surface area contributed by atoms with E-state index < -0.39 is 11.9 Å². The number of fused-ring (bicyclic) bond motifs is 1. The summed E-state index contributed by atoms with van der Waals surface area (Å²) in [5, 5.41) is 15.6. The van der Waals surface area contributed by atoms with Gasteiger partial charge in [-0.05, 0) is 37.5 Å². The van der Waals surface area contributed by atoms with E-state index in [4.69, 9.17) is 24.4 Å². The van der Waals surface area contributed by atoms with E-state index in [0.717, 1.165) is 57.0 Å². The van der Waals surface area contributed by atoms with Crippen molar-refractivity contribution in [1.82, 2.24) is 4.90 Å². The molecule has 0 aliphatic carbocycles. The van der Waals surface area contributed by atoms with E-state index in [-0.39, 0.29) is 11.7 Å². The number of para-hydroxylation sites is 2. The van der Waals surface area contributed by atoms with E-state index in [9.17, 15) is 9.59 Å². The van der Waals surface area contributed by atoms with Crippen molar-refractivity contribution in [2.45, 2.75) is 37.9 Å². The van der Waals surface area contributed by atoms with Crippen LogP contribution in [-0.2, 0) is 19.9 Å². The molecular weight excluding hydrogens is 450 g/mol. The summed E-state index contributed by atoms with van der Waals surface area (Å²) in [6, 6.07) is 18.6. The summed E-state index contributed by atoms with van der Waals surface area (Å²) in [4.78, 5) is 21.6. The Morgan fingerprint density at radius 3 is 2.20 bits per heavy atom. The van der Waals surface area contributed by atoms with Crippen molar-refractivity contribution < 1.29 is 34.0 Å². The third kappa shape index (κ3) is 7.83. The summed E-state index contributed by atoms with van der Waals surface area (Å²) >= 11 is 0. The van der Waals surface area contributed by atoms with Crippen LogP contribution >= 0.6 is 0 Å². The molecule has 35 heavy (non-hydrogen) atoms. The summed E-state index contributed by atoms with van der Waals surface area (Å²) in [5.41, 5.74) is 1.18. The Bertz CT molecular complexity index is 968. The van der Waals surface area contributed by atoms with Crippen molar-refractivity contribution in [3.8, 4) is 11.5 Å². The van der Waals surface area contributed by atoms with Crippen LogP contribution in [0.15, 0.2) is 66.7 Å². The molecule has 2 aromatic carbocycles. The van der Waals surface area contributed by atoms with Crippen LogP contribution in [0.5, 0.6) is 11.5 Å². The van der Waals surface area contributed by atoms with E-state index in [1.54, 1.807) is 0 Å². The molecule has 0 aromatic heterocycles. The van der Waals surface area contributed by atoms with Gasteiger partial charge in [0.15, 0.2) is 11.5 Å². The summed E-state index contributed by atoms with van der Waals surface area (Å²) in [7, 11) is 0. The predicted molar refractivity (Wildman–Crippen MR) is 131 cm³/mol. The number of rotatable bonds is 8. The fraction of sp³-hybridized carbons (Fsp3) is 0.407. The Balaban J connectivity index is 0.000000371. The van der Waals surface area contributed by atoms with Crippen LogP contribution in [-0.4, -0.2) is 66.0 Å². The van der Waals surface area contributed by atoms with Crippen LogP contribution in [0.25, 0.3) is 0 Å². The molecule has 0 radical (unpaired) electrons. The molecule has 4 rings (SSSR count). The van der Waals surface area contributed by atoms with Crippen molar-refractivity contribution >= 4 is 11.9 Å². The minimum absolute atomic E-state index is 0.129. The molecule has 2 heterocycles. The second-order valence-corrected chi connectivity index (χ2v) is 8.43. The zero-order chi connectivity index (χ0) is 25.1. The number of hydrogen-bond donors (Lipinski definition) is 2. The van der Waals surface area contributed by atoms with Crippen LogP contribution in [0.4, 0.5) is 0 Å². The van der Waals surface area contributed by atoms with Crippen molar-refractivity contribution in [1.29, 1.82) is 0 Å². The molecule has 0 amide bonds. The Morgan fingerprint density at radius 2 is 1.60 bits per heavy atom. The molecule has 0 spiro atoms. The number of carbonyl (C=O) groups is 2. The van der Waals surface area contributed by atoms with Gasteiger partial charge in [-0.1, -0.05) is 42.5 Å². The van der Waals surface area contributed by atoms with Gasteiger partial charge in [-0.15, -0.1) is 0 Å². The van der Waals surface area contributed by atoms with Gasteiger partial charge in [-0.25, -0.2) is 9.59 Å². The monoisotopic (exact) mass is 483 g/mol. The number of carboxylic acids is 2. The second kappa shape index (κ2) is 12.9. The lowest BCUT2D eigenvalue weighted by Crippen LogP contribution is -2.45. The minimum Gasteiger partial charge on any atom is -0.486 e. The lowest BCUT2D eigenvalue weighted by atomic mass is 9.84. The van der Waals surface area contributed by atoms with Crippen molar-refractivity contribution in [3.63, 3.8) is 0 Å². The van der Waals surface area contributed by atoms with Gasteiger partial charge in [-0.2, -0.15) is 0 Å². The number of piperidine rings is 1. The third-order valence-corrected chi connectivity index (χ3v) is 6.09. The van der Waals surface area contributed by atoms with E-state index in [1.807, 2.05) is 24.3 Å². The molecule has 8 heteroatoms. The highest BCUT2D eigenvalue weighted by Gasteiger charge is 2.37. The number of ether oxygens (including phenoxy) is 3. The molecule has 2 N–H and O–H groups in total. The quantitative estimate of drug-likeness (QED) is 0.544. The molecule has 2 aliphatic heterocycles. The minimum atomic E-state index is -1.26. The highest BCUT2D eigenvalue weighted by Crippen LogP contribution is 2.37. The maximum absolute atomic E-state index is 9.55. The largest absolute Gasteiger partial charge is 0.486 e. The summed E-state index contributed by atoms with van der Waals surface area (Å²) in [5.74, 6) is -0.789. The molecule has 188 valence electrons. The molecule has 1 atom stereocenters. The van der Waals surface area contributed by atoms with Crippen LogP contribution < -0.4 is 9.47 Å². The van der Waals surface area contributed by atoms with Crippen LogP contribution in [0.3, 0.4) is 0 Å². The Morgan fingerprint density at radius 1 is 1.00 bits per heavy atom. The van der Waals surface area contributed by atoms with Gasteiger partial charge in [0.05, 0.1) is 5.60 Å². The smallest absolute Gasteiger partial charge is 0.328 e. The zero-order valence-electron chi connectivity index (χ0n) is 20.0. The maximum Gasteiger partial charge on any atom is 0.328 e. The first kappa shape index (κ1) is 26.2. The SMILES string of the molecule is CCOC1(c2ccccc2)CCN(CCC2COc3ccccc3O2)CC1.O=C(O)C=CC(=O)O. The number of aliphatic carboxylic acids is 2. The average molecular weight is 484 g/mol. The highest BCUT2D eigenvalue weighted by molar-refractivity contribution is 5.89. The molecule has 2 aromatic rings. The lowest BCUT2D eigenvalue weighted by molar-refractivity contribution is -0.134. The molecule has 1 fully saturated rings. The molecule has 8 nitrogen and oxygen atoms in total. The Labute approximate surface area is 205 Å². The highest BCUT2D eigenvalue weighted by atomic mass is 16.6. The van der Waals surface area contributed by atoms with Gasteiger partial charge in [0.25, 0.3) is 0 Å². The number of likely N-dealkylation sites (tertiary alicyclic amines) is 1. The van der Waals surface area contributed by atoms with E-state index in [0.29, 0.717) is 18.8 Å². The summed E-state index contributed by atoms with van der Waals surface area (Å²) in [6.07, 6.45) is 4.31. The van der Waals surface area contributed by atoms with E-state index in [1.165, 1.54) is 5.56 Å². The van der Waals surface area contributed by atoms with Gasteiger partial charge in [-0.3, -0.25) is 0 Å². The molecule has 1 unspecified atom stereocenters. The Hall–Kier alpha value is -3.36. The van der Waals surface area contributed by atoms with Gasteiger partial charge in [0.2, 0.25) is 0 Å². The van der Waals surface area contributed by atoms with Crippen LogP contribution in [0.1, 0.15) is 31.7 Å². The number of carboxylic acid groups (broad SMARTS) is 2. The average Bonchev–Trinajstić information content (AvgIpc) is 2.88. The fourth-order valence-corrected chi connectivity index (χ4v) is 4.35. The normalized spacial score (nSPS) is 18.9. The fourth-order valence-electron chi connectivity index (χ4n) is 4.35. The zero-order valence-corrected chi connectivity index (χ0v) is 20.0. The van der Waals surface area contributed by atoms with Gasteiger partial charge < -0.3 is 29.3 Å². The summed E-state index contributed by atoms with van der Waals surface area (Å²) < 4.78 is 18.2. The molecule has 1 saturated heterocycles.